The lowest BCUT2D eigenvalue weighted by Gasteiger charge is -2.67. The minimum absolute atomic E-state index is 0.00336. The van der Waals surface area contributed by atoms with E-state index in [-0.39, 0.29) is 47.5 Å². The maximum absolute atomic E-state index is 12.8. The van der Waals surface area contributed by atoms with Gasteiger partial charge in [0, 0.05) is 38.5 Å². The number of fused-ring (bicyclic) bond motifs is 7. The van der Waals surface area contributed by atoms with Gasteiger partial charge in [0.15, 0.2) is 24.1 Å². The molecule has 2 saturated heterocycles. The van der Waals surface area contributed by atoms with Crippen molar-refractivity contribution in [2.24, 2.45) is 46.3 Å². The third-order valence-electron chi connectivity index (χ3n) is 13.4. The standard InChI is InChI=1S/C33H50O13S/c1-16-8-13-33(41-15-16)17(2)25-24(45-33)14-23-21-9-12-32(37)29(46-47(38,39)40)27(43-19(4)35)26(42-18(3)34)28(44-20(5)36)31(32,7)22(21)10-11-30(23,25)6/h16-17,21-29,37H,8-15H2,1-7H3,(H,38,39,40)/t16-,17+,21-,22+,23+,24?,25?,26-,27+,28-,29+,30+,31+,32+,33-/m1/s1. The molecule has 0 radical (unpaired) electrons. The summed E-state index contributed by atoms with van der Waals surface area (Å²) in [5.41, 5.74) is -3.66. The molecule has 14 heteroatoms. The molecule has 13 nitrogen and oxygen atoms in total. The molecule has 2 heterocycles. The number of carbonyl (C=O) groups is 3. The summed E-state index contributed by atoms with van der Waals surface area (Å²) >= 11 is 0. The lowest BCUT2D eigenvalue weighted by molar-refractivity contribution is -0.324. The first-order valence-electron chi connectivity index (χ1n) is 17.0. The molecular weight excluding hydrogens is 636 g/mol. The van der Waals surface area contributed by atoms with Crippen LogP contribution in [0.2, 0.25) is 0 Å². The molecule has 6 fully saturated rings. The van der Waals surface area contributed by atoms with Gasteiger partial charge in [0.05, 0.1) is 12.7 Å². The van der Waals surface area contributed by atoms with Crippen LogP contribution in [0.1, 0.15) is 93.4 Å². The fourth-order valence-corrected chi connectivity index (χ4v) is 12.1. The molecule has 2 aliphatic heterocycles. The highest BCUT2D eigenvalue weighted by Crippen LogP contribution is 2.72. The zero-order valence-electron chi connectivity index (χ0n) is 28.3. The lowest BCUT2D eigenvalue weighted by atomic mass is 9.41. The molecule has 47 heavy (non-hydrogen) atoms. The molecule has 6 aliphatic rings. The van der Waals surface area contributed by atoms with E-state index in [4.69, 9.17) is 27.9 Å². The largest absolute Gasteiger partial charge is 0.458 e. The second kappa shape index (κ2) is 11.6. The Labute approximate surface area is 276 Å². The van der Waals surface area contributed by atoms with E-state index in [9.17, 15) is 32.5 Å². The topological polar surface area (TPSA) is 181 Å². The van der Waals surface area contributed by atoms with Crippen LogP contribution >= 0.6 is 0 Å². The molecule has 6 rings (SSSR count). The highest BCUT2D eigenvalue weighted by Gasteiger charge is 2.77. The van der Waals surface area contributed by atoms with E-state index in [1.165, 1.54) is 6.92 Å². The van der Waals surface area contributed by atoms with Crippen LogP contribution in [-0.2, 0) is 52.7 Å². The first kappa shape index (κ1) is 35.0. The predicted molar refractivity (Wildman–Crippen MR) is 162 cm³/mol. The van der Waals surface area contributed by atoms with Gasteiger partial charge in [0.25, 0.3) is 0 Å². The molecule has 0 aromatic heterocycles. The zero-order chi connectivity index (χ0) is 34.5. The minimum Gasteiger partial charge on any atom is -0.458 e. The molecule has 2 N–H and O–H groups in total. The zero-order valence-corrected chi connectivity index (χ0v) is 29.1. The first-order valence-corrected chi connectivity index (χ1v) is 18.4. The Morgan fingerprint density at radius 1 is 0.830 bits per heavy atom. The number of aliphatic hydroxyl groups is 1. The summed E-state index contributed by atoms with van der Waals surface area (Å²) in [7, 11) is -5.22. The van der Waals surface area contributed by atoms with Gasteiger partial charge in [-0.3, -0.25) is 18.9 Å². The Kier molecular flexibility index (Phi) is 8.65. The third kappa shape index (κ3) is 5.35. The van der Waals surface area contributed by atoms with Crippen molar-refractivity contribution in [2.45, 2.75) is 135 Å². The maximum Gasteiger partial charge on any atom is 0.397 e. The van der Waals surface area contributed by atoms with Gasteiger partial charge in [0.2, 0.25) is 0 Å². The Morgan fingerprint density at radius 3 is 2.00 bits per heavy atom. The molecule has 2 unspecified atom stereocenters. The van der Waals surface area contributed by atoms with E-state index in [0.717, 1.165) is 39.5 Å². The average molecular weight is 687 g/mol. The lowest BCUT2D eigenvalue weighted by Crippen LogP contribution is -2.79. The van der Waals surface area contributed by atoms with Gasteiger partial charge in [-0.05, 0) is 73.5 Å². The van der Waals surface area contributed by atoms with Crippen LogP contribution < -0.4 is 0 Å². The summed E-state index contributed by atoms with van der Waals surface area (Å²) in [6, 6.07) is 0. The van der Waals surface area contributed by atoms with Crippen molar-refractivity contribution in [3.63, 3.8) is 0 Å². The van der Waals surface area contributed by atoms with E-state index < -0.39 is 69.5 Å². The van der Waals surface area contributed by atoms with E-state index in [1.807, 2.05) is 0 Å². The van der Waals surface area contributed by atoms with Crippen LogP contribution in [-0.4, -0.2) is 84.5 Å². The monoisotopic (exact) mass is 686 g/mol. The fourth-order valence-electron chi connectivity index (χ4n) is 11.6. The summed E-state index contributed by atoms with van der Waals surface area (Å²) in [6.45, 7) is 12.5. The fraction of sp³-hybridized carbons (Fsp3) is 0.909. The van der Waals surface area contributed by atoms with Crippen molar-refractivity contribution in [3.05, 3.63) is 0 Å². The number of rotatable bonds is 5. The van der Waals surface area contributed by atoms with Gasteiger partial charge < -0.3 is 28.8 Å². The van der Waals surface area contributed by atoms with Crippen molar-refractivity contribution in [1.29, 1.82) is 0 Å². The molecule has 4 saturated carbocycles. The molecule has 1 spiro atoms. The van der Waals surface area contributed by atoms with Gasteiger partial charge in [-0.25, -0.2) is 4.18 Å². The number of carbonyl (C=O) groups excluding carboxylic acids is 3. The number of hydrogen-bond donors (Lipinski definition) is 2. The Morgan fingerprint density at radius 2 is 1.45 bits per heavy atom. The Bertz CT molecular complexity index is 1390. The molecule has 0 aromatic rings. The Hall–Kier alpha value is -1.84. The summed E-state index contributed by atoms with van der Waals surface area (Å²) < 4.78 is 70.0. The van der Waals surface area contributed by atoms with Crippen molar-refractivity contribution < 1.29 is 60.3 Å². The smallest absolute Gasteiger partial charge is 0.397 e. The van der Waals surface area contributed by atoms with Gasteiger partial charge in [-0.2, -0.15) is 8.42 Å². The quantitative estimate of drug-likeness (QED) is 0.244. The van der Waals surface area contributed by atoms with Gasteiger partial charge in [0.1, 0.15) is 11.7 Å². The van der Waals surface area contributed by atoms with Crippen LogP contribution in [0.15, 0.2) is 0 Å². The maximum atomic E-state index is 12.8. The minimum atomic E-state index is -5.22. The SMILES string of the molecule is CC(=O)O[C@@H]1[C@H](OC(C)=O)[C@H](OS(=O)(=O)O)[C@@]2(O)CC[C@@H]3[C@H](CC[C@]4(C)C5C(C[C@@H]34)O[C@]3(CC[C@@H](C)CO3)[C@H]5C)[C@@]2(C)[C@@H]1OC(C)=O. The van der Waals surface area contributed by atoms with Crippen molar-refractivity contribution in [1.82, 2.24) is 0 Å². The predicted octanol–water partition coefficient (Wildman–Crippen LogP) is 3.36. The summed E-state index contributed by atoms with van der Waals surface area (Å²) in [5.74, 6) is -2.28. The van der Waals surface area contributed by atoms with E-state index in [1.54, 1.807) is 6.92 Å². The summed E-state index contributed by atoms with van der Waals surface area (Å²) in [4.78, 5) is 37.5. The molecular formula is C33H50O13S. The summed E-state index contributed by atoms with van der Waals surface area (Å²) in [6.07, 6.45) is -1.99. The highest BCUT2D eigenvalue weighted by atomic mass is 32.3. The average Bonchev–Trinajstić information content (AvgIpc) is 3.40. The van der Waals surface area contributed by atoms with E-state index >= 15 is 0 Å². The number of hydrogen-bond acceptors (Lipinski definition) is 12. The number of esters is 3. The van der Waals surface area contributed by atoms with Gasteiger partial charge >= 0.3 is 28.3 Å². The molecule has 0 amide bonds. The van der Waals surface area contributed by atoms with Gasteiger partial charge in [-0.15, -0.1) is 0 Å². The highest BCUT2D eigenvalue weighted by molar-refractivity contribution is 7.80. The molecule has 4 aliphatic carbocycles. The first-order chi connectivity index (χ1) is 21.8. The van der Waals surface area contributed by atoms with Crippen LogP contribution in [0.5, 0.6) is 0 Å². The number of ether oxygens (including phenoxy) is 5. The normalized spacial score (nSPS) is 50.4. The van der Waals surface area contributed by atoms with Crippen molar-refractivity contribution in [2.75, 3.05) is 6.61 Å². The van der Waals surface area contributed by atoms with E-state index in [2.05, 4.69) is 20.8 Å². The van der Waals surface area contributed by atoms with Gasteiger partial charge in [-0.1, -0.05) is 27.7 Å². The van der Waals surface area contributed by atoms with Crippen LogP contribution in [0.3, 0.4) is 0 Å². The van der Waals surface area contributed by atoms with Crippen molar-refractivity contribution in [3.8, 4) is 0 Å². The summed E-state index contributed by atoms with van der Waals surface area (Å²) in [5, 5.41) is 12.8. The van der Waals surface area contributed by atoms with Crippen LogP contribution in [0.25, 0.3) is 0 Å². The van der Waals surface area contributed by atoms with Crippen LogP contribution in [0.4, 0.5) is 0 Å². The van der Waals surface area contributed by atoms with E-state index in [0.29, 0.717) is 25.4 Å². The Balaban J connectivity index is 1.41. The second-order valence-corrected chi connectivity index (χ2v) is 16.8. The second-order valence-electron chi connectivity index (χ2n) is 15.8. The van der Waals surface area contributed by atoms with Crippen molar-refractivity contribution >= 4 is 28.3 Å². The van der Waals surface area contributed by atoms with Crippen LogP contribution in [0, 0.1) is 46.3 Å². The molecule has 0 bridgehead atoms. The molecule has 266 valence electrons. The third-order valence-corrected chi connectivity index (χ3v) is 13.8. The molecule has 0 aromatic carbocycles. The molecule has 15 atom stereocenters.